The summed E-state index contributed by atoms with van der Waals surface area (Å²) in [6, 6.07) is 4.01. The van der Waals surface area contributed by atoms with Crippen LogP contribution in [0.1, 0.15) is 40.0 Å². The van der Waals surface area contributed by atoms with Crippen LogP contribution in [-0.4, -0.2) is 17.5 Å². The van der Waals surface area contributed by atoms with Crippen LogP contribution in [0.15, 0.2) is 18.2 Å². The lowest BCUT2D eigenvalue weighted by Gasteiger charge is -2.30. The molecule has 1 rings (SSSR count). The fraction of sp³-hybridized carbons (Fsp3) is 0.571. The third-order valence-electron chi connectivity index (χ3n) is 3.29. The maximum atomic E-state index is 13.5. The van der Waals surface area contributed by atoms with Crippen molar-refractivity contribution in [1.82, 2.24) is 0 Å². The molecule has 0 aromatic heterocycles. The lowest BCUT2D eigenvalue weighted by atomic mass is 10.1. The lowest BCUT2D eigenvalue weighted by molar-refractivity contribution is -0.385. The highest BCUT2D eigenvalue weighted by atomic mass is 19.1. The van der Waals surface area contributed by atoms with Gasteiger partial charge in [0.25, 0.3) is 5.69 Å². The Morgan fingerprint density at radius 2 is 2.05 bits per heavy atom. The minimum Gasteiger partial charge on any atom is -0.369 e. The number of nitrogens with zero attached hydrogens (tertiary/aromatic N) is 2. The van der Waals surface area contributed by atoms with E-state index in [-0.39, 0.29) is 11.7 Å². The van der Waals surface area contributed by atoms with Crippen LogP contribution >= 0.6 is 0 Å². The number of anilines is 1. The van der Waals surface area contributed by atoms with Crippen molar-refractivity contribution in [3.8, 4) is 0 Å². The number of nitro benzene ring substituents is 1. The third kappa shape index (κ3) is 4.19. The molecule has 0 N–H and O–H groups in total. The molecule has 0 aliphatic rings. The summed E-state index contributed by atoms with van der Waals surface area (Å²) >= 11 is 0. The molecule has 0 fully saturated rings. The van der Waals surface area contributed by atoms with E-state index in [4.69, 9.17) is 0 Å². The zero-order chi connectivity index (χ0) is 14.4. The Hall–Kier alpha value is -1.65. The van der Waals surface area contributed by atoms with Crippen LogP contribution in [-0.2, 0) is 0 Å². The molecule has 0 aliphatic heterocycles. The Morgan fingerprint density at radius 1 is 1.37 bits per heavy atom. The van der Waals surface area contributed by atoms with E-state index in [2.05, 4.69) is 13.8 Å². The van der Waals surface area contributed by atoms with Gasteiger partial charge in [-0.1, -0.05) is 20.3 Å². The van der Waals surface area contributed by atoms with Crippen molar-refractivity contribution in [2.45, 2.75) is 46.1 Å². The van der Waals surface area contributed by atoms with E-state index >= 15 is 0 Å². The maximum absolute atomic E-state index is 13.5. The van der Waals surface area contributed by atoms with Crippen molar-refractivity contribution in [1.29, 1.82) is 0 Å². The first kappa shape index (κ1) is 15.4. The summed E-state index contributed by atoms with van der Waals surface area (Å²) in [6.07, 6.45) is 2.92. The average molecular weight is 268 g/mol. The first-order valence-electron chi connectivity index (χ1n) is 6.71. The highest BCUT2D eigenvalue weighted by Crippen LogP contribution is 2.26. The second kappa shape index (κ2) is 7.07. The van der Waals surface area contributed by atoms with Crippen molar-refractivity contribution in [3.05, 3.63) is 34.1 Å². The molecule has 0 heterocycles. The van der Waals surface area contributed by atoms with Gasteiger partial charge >= 0.3 is 0 Å². The van der Waals surface area contributed by atoms with Gasteiger partial charge in [0.15, 0.2) is 0 Å². The number of non-ortho nitro benzene ring substituents is 1. The molecule has 0 spiro atoms. The van der Waals surface area contributed by atoms with Gasteiger partial charge in [-0.2, -0.15) is 0 Å². The summed E-state index contributed by atoms with van der Waals surface area (Å²) in [5, 5.41) is 10.8. The van der Waals surface area contributed by atoms with Gasteiger partial charge in [-0.3, -0.25) is 10.1 Å². The van der Waals surface area contributed by atoms with E-state index in [1.165, 1.54) is 12.1 Å². The van der Waals surface area contributed by atoms with Gasteiger partial charge in [-0.05, 0) is 25.8 Å². The zero-order valence-electron chi connectivity index (χ0n) is 11.7. The first-order chi connectivity index (χ1) is 8.99. The summed E-state index contributed by atoms with van der Waals surface area (Å²) in [5.74, 6) is -0.561. The van der Waals surface area contributed by atoms with E-state index < -0.39 is 10.7 Å². The molecule has 0 saturated carbocycles. The van der Waals surface area contributed by atoms with Crippen LogP contribution in [0.25, 0.3) is 0 Å². The average Bonchev–Trinajstić information content (AvgIpc) is 2.38. The quantitative estimate of drug-likeness (QED) is 0.551. The number of rotatable bonds is 7. The van der Waals surface area contributed by atoms with Gasteiger partial charge in [0.1, 0.15) is 5.82 Å². The van der Waals surface area contributed by atoms with Crippen molar-refractivity contribution >= 4 is 11.4 Å². The van der Waals surface area contributed by atoms with Crippen LogP contribution in [0.5, 0.6) is 0 Å². The highest BCUT2D eigenvalue weighted by molar-refractivity contribution is 5.54. The SMILES string of the molecule is CCCCN(c1cc(F)cc([N+](=O)[O-])c1)C(C)CC. The van der Waals surface area contributed by atoms with E-state index in [9.17, 15) is 14.5 Å². The molecule has 1 aromatic carbocycles. The molecule has 0 radical (unpaired) electrons. The molecule has 5 heteroatoms. The second-order valence-electron chi connectivity index (χ2n) is 4.73. The van der Waals surface area contributed by atoms with Crippen LogP contribution in [0.2, 0.25) is 0 Å². The van der Waals surface area contributed by atoms with E-state index in [0.29, 0.717) is 5.69 Å². The van der Waals surface area contributed by atoms with Gasteiger partial charge in [-0.25, -0.2) is 4.39 Å². The molecule has 0 bridgehead atoms. The van der Waals surface area contributed by atoms with Gasteiger partial charge in [0.05, 0.1) is 11.0 Å². The minimum atomic E-state index is -0.561. The van der Waals surface area contributed by atoms with Crippen molar-refractivity contribution in [2.75, 3.05) is 11.4 Å². The summed E-state index contributed by atoms with van der Waals surface area (Å²) in [7, 11) is 0. The second-order valence-corrected chi connectivity index (χ2v) is 4.73. The predicted molar refractivity (Wildman–Crippen MR) is 75.1 cm³/mol. The molecule has 1 unspecified atom stereocenters. The van der Waals surface area contributed by atoms with Gasteiger partial charge < -0.3 is 4.90 Å². The molecule has 19 heavy (non-hydrogen) atoms. The number of hydrogen-bond acceptors (Lipinski definition) is 3. The Labute approximate surface area is 113 Å². The monoisotopic (exact) mass is 268 g/mol. The molecular formula is C14H21FN2O2. The van der Waals surface area contributed by atoms with Crippen molar-refractivity contribution < 1.29 is 9.31 Å². The minimum absolute atomic E-state index is 0.195. The van der Waals surface area contributed by atoms with E-state index in [1.54, 1.807) is 0 Å². The van der Waals surface area contributed by atoms with Crippen LogP contribution in [0, 0.1) is 15.9 Å². The predicted octanol–water partition coefficient (Wildman–Crippen LogP) is 4.14. The number of halogens is 1. The molecular weight excluding hydrogens is 247 g/mol. The summed E-state index contributed by atoms with van der Waals surface area (Å²) in [6.45, 7) is 6.97. The largest absolute Gasteiger partial charge is 0.369 e. The molecule has 0 aliphatic carbocycles. The highest BCUT2D eigenvalue weighted by Gasteiger charge is 2.17. The van der Waals surface area contributed by atoms with Gasteiger partial charge in [-0.15, -0.1) is 0 Å². The Morgan fingerprint density at radius 3 is 2.58 bits per heavy atom. The molecule has 0 saturated heterocycles. The van der Waals surface area contributed by atoms with Crippen LogP contribution < -0.4 is 4.90 Å². The van der Waals surface area contributed by atoms with E-state index in [1.807, 2.05) is 11.8 Å². The standard InChI is InChI=1S/C14H21FN2O2/c1-4-6-7-16(11(3)5-2)13-8-12(15)9-14(10-13)17(18)19/h8-11H,4-7H2,1-3H3. The van der Waals surface area contributed by atoms with Crippen molar-refractivity contribution in [2.24, 2.45) is 0 Å². The summed E-state index contributed by atoms with van der Waals surface area (Å²) in [4.78, 5) is 12.3. The van der Waals surface area contributed by atoms with Crippen molar-refractivity contribution in [3.63, 3.8) is 0 Å². The Bertz CT molecular complexity index is 437. The molecule has 0 amide bonds. The molecule has 1 atom stereocenters. The number of hydrogen-bond donors (Lipinski definition) is 0. The van der Waals surface area contributed by atoms with Gasteiger partial charge in [0.2, 0.25) is 0 Å². The fourth-order valence-electron chi connectivity index (χ4n) is 1.98. The third-order valence-corrected chi connectivity index (χ3v) is 3.29. The first-order valence-corrected chi connectivity index (χ1v) is 6.71. The fourth-order valence-corrected chi connectivity index (χ4v) is 1.98. The van der Waals surface area contributed by atoms with E-state index in [0.717, 1.165) is 31.9 Å². The zero-order valence-corrected chi connectivity index (χ0v) is 11.7. The lowest BCUT2D eigenvalue weighted by Crippen LogP contribution is -2.33. The number of benzene rings is 1. The topological polar surface area (TPSA) is 46.4 Å². The normalized spacial score (nSPS) is 12.2. The molecule has 4 nitrogen and oxygen atoms in total. The Balaban J connectivity index is 3.10. The smallest absolute Gasteiger partial charge is 0.274 e. The maximum Gasteiger partial charge on any atom is 0.274 e. The number of nitro groups is 1. The van der Waals surface area contributed by atoms with Gasteiger partial charge in [0, 0.05) is 24.3 Å². The summed E-state index contributed by atoms with van der Waals surface area (Å²) < 4.78 is 13.5. The van der Waals surface area contributed by atoms with Crippen LogP contribution in [0.3, 0.4) is 0 Å². The molecule has 106 valence electrons. The number of unbranched alkanes of at least 4 members (excludes halogenated alkanes) is 1. The Kier molecular flexibility index (Phi) is 5.73. The molecule has 1 aromatic rings. The summed E-state index contributed by atoms with van der Waals surface area (Å²) in [5.41, 5.74) is 0.398. The van der Waals surface area contributed by atoms with Crippen LogP contribution in [0.4, 0.5) is 15.8 Å².